The quantitative estimate of drug-likeness (QED) is 0.606. The van der Waals surface area contributed by atoms with Crippen molar-refractivity contribution in [3.63, 3.8) is 0 Å². The van der Waals surface area contributed by atoms with Crippen LogP contribution < -0.4 is 10.9 Å². The molecule has 0 spiro atoms. The maximum atomic E-state index is 12.4. The van der Waals surface area contributed by atoms with Gasteiger partial charge in [-0.05, 0) is 12.1 Å². The molecule has 0 aliphatic rings. The van der Waals surface area contributed by atoms with E-state index in [2.05, 4.69) is 20.3 Å². The van der Waals surface area contributed by atoms with E-state index in [0.717, 1.165) is 5.56 Å². The summed E-state index contributed by atoms with van der Waals surface area (Å²) in [5.74, 6) is 0.216. The van der Waals surface area contributed by atoms with Crippen LogP contribution >= 0.6 is 0 Å². The molecule has 0 fully saturated rings. The van der Waals surface area contributed by atoms with E-state index in [0.29, 0.717) is 22.4 Å². The Morgan fingerprint density at radius 2 is 1.63 bits per heavy atom. The van der Waals surface area contributed by atoms with Crippen LogP contribution in [0.15, 0.2) is 78.1 Å². The number of para-hydroxylation sites is 1. The van der Waals surface area contributed by atoms with Gasteiger partial charge >= 0.3 is 0 Å². The van der Waals surface area contributed by atoms with Gasteiger partial charge in [-0.2, -0.15) is 0 Å². The predicted octanol–water partition coefficient (Wildman–Crippen LogP) is 2.49. The SMILES string of the molecule is O=C(Cn1cnc2ccccc2c1=O)Nc1cnc(-c2ccccc2)nc1. The minimum Gasteiger partial charge on any atom is -0.322 e. The lowest BCUT2D eigenvalue weighted by Crippen LogP contribution is -2.28. The molecule has 0 aliphatic heterocycles. The maximum Gasteiger partial charge on any atom is 0.261 e. The summed E-state index contributed by atoms with van der Waals surface area (Å²) < 4.78 is 1.27. The number of amides is 1. The fraction of sp³-hybridized carbons (Fsp3) is 0.0500. The topological polar surface area (TPSA) is 89.8 Å². The number of hydrogen-bond acceptors (Lipinski definition) is 5. The summed E-state index contributed by atoms with van der Waals surface area (Å²) in [4.78, 5) is 37.4. The molecular weight excluding hydrogens is 342 g/mol. The van der Waals surface area contributed by atoms with Gasteiger partial charge in [-0.3, -0.25) is 14.2 Å². The Hall–Kier alpha value is -3.87. The molecule has 1 amide bonds. The van der Waals surface area contributed by atoms with Crippen molar-refractivity contribution in [2.75, 3.05) is 5.32 Å². The monoisotopic (exact) mass is 357 g/mol. The highest BCUT2D eigenvalue weighted by Gasteiger charge is 2.09. The summed E-state index contributed by atoms with van der Waals surface area (Å²) >= 11 is 0. The number of fused-ring (bicyclic) bond motifs is 1. The summed E-state index contributed by atoms with van der Waals surface area (Å²) in [5.41, 5.74) is 1.70. The molecule has 2 heterocycles. The van der Waals surface area contributed by atoms with Gasteiger partial charge in [0.2, 0.25) is 5.91 Å². The second-order valence-electron chi connectivity index (χ2n) is 5.90. The van der Waals surface area contributed by atoms with Crippen molar-refractivity contribution < 1.29 is 4.79 Å². The van der Waals surface area contributed by atoms with E-state index in [1.54, 1.807) is 18.2 Å². The molecule has 1 N–H and O–H groups in total. The molecule has 27 heavy (non-hydrogen) atoms. The van der Waals surface area contributed by atoms with Gasteiger partial charge < -0.3 is 5.32 Å². The van der Waals surface area contributed by atoms with Gasteiger partial charge in [-0.25, -0.2) is 15.0 Å². The van der Waals surface area contributed by atoms with Crippen molar-refractivity contribution in [1.82, 2.24) is 19.5 Å². The number of anilines is 1. The average molecular weight is 357 g/mol. The number of nitrogens with zero attached hydrogens (tertiary/aromatic N) is 4. The smallest absolute Gasteiger partial charge is 0.261 e. The minimum absolute atomic E-state index is 0.142. The summed E-state index contributed by atoms with van der Waals surface area (Å²) in [6.45, 7) is -0.142. The Labute approximate surface area is 154 Å². The summed E-state index contributed by atoms with van der Waals surface area (Å²) in [7, 11) is 0. The zero-order valence-corrected chi connectivity index (χ0v) is 14.2. The van der Waals surface area contributed by atoms with Crippen molar-refractivity contribution in [2.45, 2.75) is 6.54 Å². The molecule has 0 aliphatic carbocycles. The molecule has 0 bridgehead atoms. The third kappa shape index (κ3) is 3.57. The molecule has 4 rings (SSSR count). The summed E-state index contributed by atoms with van der Waals surface area (Å²) in [6.07, 6.45) is 4.45. The molecule has 2 aromatic carbocycles. The van der Waals surface area contributed by atoms with Crippen LogP contribution in [0.2, 0.25) is 0 Å². The largest absolute Gasteiger partial charge is 0.322 e. The number of carbonyl (C=O) groups excluding carboxylic acids is 1. The van der Waals surface area contributed by atoms with Crippen molar-refractivity contribution >= 4 is 22.5 Å². The van der Waals surface area contributed by atoms with E-state index in [1.807, 2.05) is 36.4 Å². The average Bonchev–Trinajstić information content (AvgIpc) is 2.71. The maximum absolute atomic E-state index is 12.4. The second-order valence-corrected chi connectivity index (χ2v) is 5.90. The number of aromatic nitrogens is 4. The number of benzene rings is 2. The Balaban J connectivity index is 1.48. The number of nitrogens with one attached hydrogen (secondary N) is 1. The molecule has 0 saturated heterocycles. The lowest BCUT2D eigenvalue weighted by atomic mass is 10.2. The normalized spacial score (nSPS) is 10.7. The minimum atomic E-state index is -0.356. The first-order valence-electron chi connectivity index (χ1n) is 8.32. The number of rotatable bonds is 4. The van der Waals surface area contributed by atoms with Crippen LogP contribution in [0, 0.1) is 0 Å². The van der Waals surface area contributed by atoms with Crippen molar-refractivity contribution in [3.8, 4) is 11.4 Å². The molecule has 0 unspecified atom stereocenters. The lowest BCUT2D eigenvalue weighted by molar-refractivity contribution is -0.116. The van der Waals surface area contributed by atoms with Gasteiger partial charge in [0.15, 0.2) is 5.82 Å². The second kappa shape index (κ2) is 7.17. The molecule has 4 aromatic rings. The molecule has 7 heteroatoms. The van der Waals surface area contributed by atoms with E-state index in [4.69, 9.17) is 0 Å². The van der Waals surface area contributed by atoms with Gasteiger partial charge in [-0.15, -0.1) is 0 Å². The molecule has 0 radical (unpaired) electrons. The van der Waals surface area contributed by atoms with Crippen LogP contribution in [0.1, 0.15) is 0 Å². The van der Waals surface area contributed by atoms with E-state index in [1.165, 1.54) is 23.3 Å². The number of hydrogen-bond donors (Lipinski definition) is 1. The first-order valence-corrected chi connectivity index (χ1v) is 8.32. The van der Waals surface area contributed by atoms with Crippen LogP contribution in [0.3, 0.4) is 0 Å². The van der Waals surface area contributed by atoms with Gasteiger partial charge in [0.25, 0.3) is 5.56 Å². The Morgan fingerprint density at radius 3 is 2.41 bits per heavy atom. The number of carbonyl (C=O) groups is 1. The lowest BCUT2D eigenvalue weighted by Gasteiger charge is -2.08. The van der Waals surface area contributed by atoms with E-state index in [9.17, 15) is 9.59 Å². The first-order chi connectivity index (χ1) is 13.2. The van der Waals surface area contributed by atoms with Gasteiger partial charge in [0.05, 0.1) is 35.3 Å². The van der Waals surface area contributed by atoms with Crippen LogP contribution in [0.25, 0.3) is 22.3 Å². The highest BCUT2D eigenvalue weighted by Crippen LogP contribution is 2.14. The predicted molar refractivity (Wildman–Crippen MR) is 102 cm³/mol. The van der Waals surface area contributed by atoms with Crippen molar-refractivity contribution in [1.29, 1.82) is 0 Å². The van der Waals surface area contributed by atoms with Crippen LogP contribution in [0.4, 0.5) is 5.69 Å². The standard InChI is InChI=1S/C20H15N5O2/c26-18(12-25-13-23-17-9-5-4-8-16(17)20(25)27)24-15-10-21-19(22-11-15)14-6-2-1-3-7-14/h1-11,13H,12H2,(H,24,26). The molecule has 7 nitrogen and oxygen atoms in total. The third-order valence-corrected chi connectivity index (χ3v) is 4.01. The first kappa shape index (κ1) is 16.6. The molecule has 132 valence electrons. The molecular formula is C20H15N5O2. The van der Waals surface area contributed by atoms with Crippen LogP contribution in [0.5, 0.6) is 0 Å². The highest BCUT2D eigenvalue weighted by atomic mass is 16.2. The van der Waals surface area contributed by atoms with Gasteiger partial charge in [0, 0.05) is 5.56 Å². The fourth-order valence-corrected chi connectivity index (χ4v) is 2.70. The molecule has 0 atom stereocenters. The molecule has 2 aromatic heterocycles. The van der Waals surface area contributed by atoms with Crippen molar-refractivity contribution in [3.05, 3.63) is 83.7 Å². The highest BCUT2D eigenvalue weighted by molar-refractivity contribution is 5.90. The third-order valence-electron chi connectivity index (χ3n) is 4.01. The zero-order chi connectivity index (χ0) is 18.6. The van der Waals surface area contributed by atoms with E-state index < -0.39 is 0 Å². The summed E-state index contributed by atoms with van der Waals surface area (Å²) in [6, 6.07) is 16.6. The van der Waals surface area contributed by atoms with Gasteiger partial charge in [0.1, 0.15) is 6.54 Å². The van der Waals surface area contributed by atoms with Crippen LogP contribution in [-0.4, -0.2) is 25.4 Å². The zero-order valence-electron chi connectivity index (χ0n) is 14.2. The van der Waals surface area contributed by atoms with Gasteiger partial charge in [-0.1, -0.05) is 42.5 Å². The summed E-state index contributed by atoms with van der Waals surface area (Å²) in [5, 5.41) is 3.17. The van der Waals surface area contributed by atoms with Crippen LogP contribution in [-0.2, 0) is 11.3 Å². The van der Waals surface area contributed by atoms with E-state index in [-0.39, 0.29) is 18.0 Å². The van der Waals surface area contributed by atoms with Crippen molar-refractivity contribution in [2.24, 2.45) is 0 Å². The Kier molecular flexibility index (Phi) is 4.40. The molecule has 0 saturated carbocycles. The van der Waals surface area contributed by atoms with E-state index >= 15 is 0 Å². The Bertz CT molecular complexity index is 1150. The fourth-order valence-electron chi connectivity index (χ4n) is 2.70. The Morgan fingerprint density at radius 1 is 0.926 bits per heavy atom.